The van der Waals surface area contributed by atoms with Gasteiger partial charge in [0, 0.05) is 24.2 Å². The van der Waals surface area contributed by atoms with Crippen LogP contribution in [0.4, 0.5) is 4.39 Å². The van der Waals surface area contributed by atoms with E-state index >= 15 is 0 Å². The summed E-state index contributed by atoms with van der Waals surface area (Å²) in [6, 6.07) is 11.8. The van der Waals surface area contributed by atoms with Crippen LogP contribution in [-0.4, -0.2) is 5.91 Å². The van der Waals surface area contributed by atoms with Crippen LogP contribution in [0.3, 0.4) is 0 Å². The maximum absolute atomic E-state index is 13.7. The molecule has 0 aliphatic carbocycles. The summed E-state index contributed by atoms with van der Waals surface area (Å²) in [6.45, 7) is 3.42. The van der Waals surface area contributed by atoms with E-state index in [0.29, 0.717) is 11.1 Å². The van der Waals surface area contributed by atoms with Crippen molar-refractivity contribution in [2.75, 3.05) is 0 Å². The van der Waals surface area contributed by atoms with Gasteiger partial charge in [0.15, 0.2) is 0 Å². The number of benzene rings is 2. The maximum atomic E-state index is 13.7. The summed E-state index contributed by atoms with van der Waals surface area (Å²) < 4.78 is 13.7. The van der Waals surface area contributed by atoms with Crippen LogP contribution in [0.5, 0.6) is 0 Å². The Bertz CT molecular complexity index is 684. The first-order valence-corrected chi connectivity index (χ1v) is 7.03. The second kappa shape index (κ2) is 5.66. The summed E-state index contributed by atoms with van der Waals surface area (Å²) in [5.74, 6) is -0.482. The number of nitrogens with one attached hydrogen (secondary N) is 2. The minimum Gasteiger partial charge on any atom is -0.345 e. The average Bonchev–Trinajstić information content (AvgIpc) is 2.94. The summed E-state index contributed by atoms with van der Waals surface area (Å²) in [4.78, 5) is 12.3. The average molecular weight is 284 g/mol. The minimum atomic E-state index is -0.370. The third kappa shape index (κ3) is 2.81. The highest BCUT2D eigenvalue weighted by Crippen LogP contribution is 2.19. The first kappa shape index (κ1) is 13.8. The molecule has 2 aromatic rings. The summed E-state index contributed by atoms with van der Waals surface area (Å²) >= 11 is 0. The van der Waals surface area contributed by atoms with Gasteiger partial charge in [-0.1, -0.05) is 24.3 Å². The van der Waals surface area contributed by atoms with Gasteiger partial charge < -0.3 is 10.6 Å². The molecule has 0 spiro atoms. The van der Waals surface area contributed by atoms with Crippen molar-refractivity contribution in [1.29, 1.82) is 0 Å². The fourth-order valence-electron chi connectivity index (χ4n) is 2.62. The molecule has 0 aromatic heterocycles. The molecule has 3 rings (SSSR count). The van der Waals surface area contributed by atoms with Crippen LogP contribution >= 0.6 is 0 Å². The number of fused-ring (bicyclic) bond motifs is 1. The van der Waals surface area contributed by atoms with Crippen molar-refractivity contribution < 1.29 is 9.18 Å². The monoisotopic (exact) mass is 284 g/mol. The molecule has 21 heavy (non-hydrogen) atoms. The molecule has 1 amide bonds. The van der Waals surface area contributed by atoms with Crippen molar-refractivity contribution in [2.24, 2.45) is 0 Å². The van der Waals surface area contributed by atoms with Crippen LogP contribution in [-0.2, 0) is 13.1 Å². The van der Waals surface area contributed by atoms with Gasteiger partial charge in [0.05, 0.1) is 6.04 Å². The van der Waals surface area contributed by atoms with E-state index in [-0.39, 0.29) is 17.8 Å². The van der Waals surface area contributed by atoms with Gasteiger partial charge in [0.25, 0.3) is 5.91 Å². The Labute approximate surface area is 123 Å². The predicted molar refractivity (Wildman–Crippen MR) is 79.3 cm³/mol. The number of hydrogen-bond donors (Lipinski definition) is 2. The van der Waals surface area contributed by atoms with Gasteiger partial charge >= 0.3 is 0 Å². The first-order chi connectivity index (χ1) is 10.1. The second-order valence-electron chi connectivity index (χ2n) is 5.30. The topological polar surface area (TPSA) is 41.1 Å². The lowest BCUT2D eigenvalue weighted by Crippen LogP contribution is -2.27. The molecule has 1 unspecified atom stereocenters. The largest absolute Gasteiger partial charge is 0.345 e. The molecule has 1 atom stereocenters. The van der Waals surface area contributed by atoms with Gasteiger partial charge in [-0.05, 0) is 36.2 Å². The van der Waals surface area contributed by atoms with Crippen LogP contribution in [0.25, 0.3) is 0 Å². The third-order valence-corrected chi connectivity index (χ3v) is 3.82. The van der Waals surface area contributed by atoms with Gasteiger partial charge in [-0.3, -0.25) is 4.79 Å². The zero-order valence-corrected chi connectivity index (χ0v) is 11.8. The number of halogens is 1. The van der Waals surface area contributed by atoms with E-state index in [1.807, 2.05) is 18.2 Å². The van der Waals surface area contributed by atoms with E-state index in [0.717, 1.165) is 18.7 Å². The zero-order valence-electron chi connectivity index (χ0n) is 11.8. The van der Waals surface area contributed by atoms with Crippen LogP contribution in [0.1, 0.15) is 40.0 Å². The molecule has 4 heteroatoms. The number of carbonyl (C=O) groups is 1. The molecular weight excluding hydrogens is 267 g/mol. The quantitative estimate of drug-likeness (QED) is 0.910. The Balaban J connectivity index is 1.76. The first-order valence-electron chi connectivity index (χ1n) is 7.03. The number of hydrogen-bond acceptors (Lipinski definition) is 2. The summed E-state index contributed by atoms with van der Waals surface area (Å²) in [7, 11) is 0. The summed E-state index contributed by atoms with van der Waals surface area (Å²) in [5, 5.41) is 6.09. The van der Waals surface area contributed by atoms with E-state index in [4.69, 9.17) is 0 Å². The standard InChI is InChI=1S/C17H17FN2O/c1-11(15-4-2-3-5-16(15)18)20-17(21)12-6-7-13-9-19-10-14(13)8-12/h2-8,11,19H,9-10H2,1H3,(H,20,21). The third-order valence-electron chi connectivity index (χ3n) is 3.82. The van der Waals surface area contributed by atoms with Gasteiger partial charge in [-0.15, -0.1) is 0 Å². The van der Waals surface area contributed by atoms with Crippen molar-refractivity contribution in [3.63, 3.8) is 0 Å². The summed E-state index contributed by atoms with van der Waals surface area (Å²) in [6.07, 6.45) is 0. The lowest BCUT2D eigenvalue weighted by molar-refractivity contribution is 0.0939. The molecule has 0 fully saturated rings. The van der Waals surface area contributed by atoms with Gasteiger partial charge in [-0.2, -0.15) is 0 Å². The fraction of sp³-hybridized carbons (Fsp3) is 0.235. The van der Waals surface area contributed by atoms with E-state index in [1.54, 1.807) is 25.1 Å². The van der Waals surface area contributed by atoms with E-state index in [1.165, 1.54) is 11.6 Å². The van der Waals surface area contributed by atoms with Crippen LogP contribution in [0, 0.1) is 5.82 Å². The molecule has 0 radical (unpaired) electrons. The Kier molecular flexibility index (Phi) is 3.71. The SMILES string of the molecule is CC(NC(=O)c1ccc2c(c1)CNC2)c1ccccc1F. The highest BCUT2D eigenvalue weighted by molar-refractivity contribution is 5.94. The molecule has 3 nitrogen and oxygen atoms in total. The Morgan fingerprint density at radius 1 is 1.19 bits per heavy atom. The van der Waals surface area contributed by atoms with Gasteiger partial charge in [-0.25, -0.2) is 4.39 Å². The molecule has 0 saturated carbocycles. The van der Waals surface area contributed by atoms with Crippen molar-refractivity contribution in [3.8, 4) is 0 Å². The minimum absolute atomic E-state index is 0.180. The van der Waals surface area contributed by atoms with Crippen molar-refractivity contribution in [2.45, 2.75) is 26.1 Å². The molecule has 1 heterocycles. The predicted octanol–water partition coefficient (Wildman–Crippen LogP) is 2.92. The van der Waals surface area contributed by atoms with Crippen LogP contribution in [0.15, 0.2) is 42.5 Å². The molecular formula is C17H17FN2O. The number of amides is 1. The molecule has 108 valence electrons. The molecule has 2 N–H and O–H groups in total. The van der Waals surface area contributed by atoms with Crippen molar-refractivity contribution in [3.05, 3.63) is 70.5 Å². The molecule has 1 aliphatic rings. The van der Waals surface area contributed by atoms with Gasteiger partial charge in [0.1, 0.15) is 5.82 Å². The lowest BCUT2D eigenvalue weighted by Gasteiger charge is -2.15. The Hall–Kier alpha value is -2.20. The summed E-state index contributed by atoms with van der Waals surface area (Å²) in [5.41, 5.74) is 3.49. The highest BCUT2D eigenvalue weighted by Gasteiger charge is 2.16. The van der Waals surface area contributed by atoms with Crippen LogP contribution in [0.2, 0.25) is 0 Å². The second-order valence-corrected chi connectivity index (χ2v) is 5.30. The zero-order chi connectivity index (χ0) is 14.8. The van der Waals surface area contributed by atoms with Gasteiger partial charge in [0.2, 0.25) is 0 Å². The fourth-order valence-corrected chi connectivity index (χ4v) is 2.62. The van der Waals surface area contributed by atoms with Crippen molar-refractivity contribution >= 4 is 5.91 Å². The smallest absolute Gasteiger partial charge is 0.251 e. The molecule has 0 saturated heterocycles. The normalized spacial score (nSPS) is 14.6. The molecule has 1 aliphatic heterocycles. The molecule has 2 aromatic carbocycles. The van der Waals surface area contributed by atoms with Crippen molar-refractivity contribution in [1.82, 2.24) is 10.6 Å². The lowest BCUT2D eigenvalue weighted by atomic mass is 10.0. The number of rotatable bonds is 3. The van der Waals surface area contributed by atoms with E-state index in [9.17, 15) is 9.18 Å². The Morgan fingerprint density at radius 2 is 1.95 bits per heavy atom. The highest BCUT2D eigenvalue weighted by atomic mass is 19.1. The maximum Gasteiger partial charge on any atom is 0.251 e. The van der Waals surface area contributed by atoms with Crippen LogP contribution < -0.4 is 10.6 Å². The number of carbonyl (C=O) groups excluding carboxylic acids is 1. The molecule has 0 bridgehead atoms. The van der Waals surface area contributed by atoms with E-state index in [2.05, 4.69) is 10.6 Å². The Morgan fingerprint density at radius 3 is 2.76 bits per heavy atom. The van der Waals surface area contributed by atoms with E-state index < -0.39 is 0 Å².